The van der Waals surface area contributed by atoms with Crippen LogP contribution in [0.4, 0.5) is 21.9 Å². The van der Waals surface area contributed by atoms with Gasteiger partial charge in [-0.05, 0) is 79.9 Å². The van der Waals surface area contributed by atoms with Gasteiger partial charge in [-0.1, -0.05) is 18.2 Å². The highest BCUT2D eigenvalue weighted by Crippen LogP contribution is 2.33. The van der Waals surface area contributed by atoms with Crippen LogP contribution in [0.3, 0.4) is 0 Å². The van der Waals surface area contributed by atoms with E-state index in [2.05, 4.69) is 15.5 Å². The summed E-state index contributed by atoms with van der Waals surface area (Å²) < 4.78 is 5.78. The van der Waals surface area contributed by atoms with Gasteiger partial charge in [0.25, 0.3) is 0 Å². The monoisotopic (exact) mass is 470 g/mol. The molecule has 1 atom stereocenters. The fraction of sp³-hybridized carbons (Fsp3) is 0.286. The largest absolute Gasteiger partial charge is 0.457 e. The van der Waals surface area contributed by atoms with Gasteiger partial charge in [0.15, 0.2) is 0 Å². The average molecular weight is 471 g/mol. The lowest BCUT2D eigenvalue weighted by Crippen LogP contribution is -2.39. The third-order valence-electron chi connectivity index (χ3n) is 6.57. The van der Waals surface area contributed by atoms with E-state index in [-0.39, 0.29) is 18.0 Å². The Morgan fingerprint density at radius 1 is 0.829 bits per heavy atom. The molecule has 5 rings (SSSR count). The number of hydrogen-bond donors (Lipinski definition) is 2. The number of hydrogen-bond acceptors (Lipinski definition) is 4. The maximum atomic E-state index is 12.4. The third-order valence-corrected chi connectivity index (χ3v) is 6.57. The summed E-state index contributed by atoms with van der Waals surface area (Å²) in [6, 6.07) is 24.6. The van der Waals surface area contributed by atoms with Crippen molar-refractivity contribution >= 4 is 29.0 Å². The zero-order valence-corrected chi connectivity index (χ0v) is 19.8. The molecule has 1 heterocycles. The molecule has 35 heavy (non-hydrogen) atoms. The van der Waals surface area contributed by atoms with Gasteiger partial charge >= 0.3 is 6.03 Å². The number of benzene rings is 3. The number of amides is 3. The molecule has 0 aromatic heterocycles. The Labute approximate surface area is 205 Å². The Hall–Kier alpha value is -4.00. The summed E-state index contributed by atoms with van der Waals surface area (Å²) in [5.74, 6) is 2.01. The van der Waals surface area contributed by atoms with Gasteiger partial charge in [0.2, 0.25) is 5.91 Å². The molecular weight excluding hydrogens is 440 g/mol. The molecular formula is C28H30N4O3. The van der Waals surface area contributed by atoms with E-state index in [9.17, 15) is 9.59 Å². The molecule has 3 aromatic rings. The summed E-state index contributed by atoms with van der Waals surface area (Å²) in [4.78, 5) is 29.0. The minimum Gasteiger partial charge on any atom is -0.457 e. The van der Waals surface area contributed by atoms with Gasteiger partial charge in [0.05, 0.1) is 6.04 Å². The standard InChI is InChI=1S/C28H30N4O3/c1-31(27(33)20-7-8-20)24-17-18-32(19-24)23-13-9-21(10-14-23)29-28(34)30-22-11-15-26(16-12-22)35-25-5-3-2-4-6-25/h2-6,9-16,20,24H,7-8,17-19H2,1H3,(H2,29,30,34). The Morgan fingerprint density at radius 3 is 2.06 bits per heavy atom. The minimum absolute atomic E-state index is 0.256. The number of carbonyl (C=O) groups is 2. The molecule has 3 amide bonds. The van der Waals surface area contributed by atoms with Crippen LogP contribution in [0, 0.1) is 5.92 Å². The second-order valence-electron chi connectivity index (χ2n) is 9.18. The molecule has 1 saturated carbocycles. The van der Waals surface area contributed by atoms with Crippen LogP contribution in [-0.4, -0.2) is 43.0 Å². The van der Waals surface area contributed by atoms with Crippen molar-refractivity contribution in [2.75, 3.05) is 35.7 Å². The molecule has 1 saturated heterocycles. The quantitative estimate of drug-likeness (QED) is 0.473. The van der Waals surface area contributed by atoms with E-state index in [0.29, 0.717) is 23.0 Å². The second kappa shape index (κ2) is 10.1. The number of rotatable bonds is 7. The fourth-order valence-corrected chi connectivity index (χ4v) is 4.37. The smallest absolute Gasteiger partial charge is 0.323 e. The van der Waals surface area contributed by atoms with E-state index in [1.165, 1.54) is 0 Å². The number of para-hydroxylation sites is 1. The van der Waals surface area contributed by atoms with Gasteiger partial charge in [0.1, 0.15) is 11.5 Å². The van der Waals surface area contributed by atoms with Crippen LogP contribution in [-0.2, 0) is 4.79 Å². The fourth-order valence-electron chi connectivity index (χ4n) is 4.37. The van der Waals surface area contributed by atoms with Crippen molar-refractivity contribution in [3.05, 3.63) is 78.9 Å². The Bertz CT molecular complexity index is 1160. The topological polar surface area (TPSA) is 73.9 Å². The number of anilines is 3. The molecule has 7 nitrogen and oxygen atoms in total. The lowest BCUT2D eigenvalue weighted by atomic mass is 10.2. The second-order valence-corrected chi connectivity index (χ2v) is 9.18. The third kappa shape index (κ3) is 5.74. The van der Waals surface area contributed by atoms with Crippen LogP contribution in [0.2, 0.25) is 0 Å². The maximum absolute atomic E-state index is 12.4. The molecule has 2 N–H and O–H groups in total. The minimum atomic E-state index is -0.309. The summed E-state index contributed by atoms with van der Waals surface area (Å²) in [5.41, 5.74) is 2.49. The molecule has 1 aliphatic carbocycles. The molecule has 180 valence electrons. The first-order valence-electron chi connectivity index (χ1n) is 12.1. The van der Waals surface area contributed by atoms with E-state index >= 15 is 0 Å². The highest BCUT2D eigenvalue weighted by molar-refractivity contribution is 5.99. The maximum Gasteiger partial charge on any atom is 0.323 e. The van der Waals surface area contributed by atoms with E-state index in [1.807, 2.05) is 78.7 Å². The number of carbonyl (C=O) groups excluding carboxylic acids is 2. The van der Waals surface area contributed by atoms with Crippen LogP contribution >= 0.6 is 0 Å². The highest BCUT2D eigenvalue weighted by Gasteiger charge is 2.36. The number of ether oxygens (including phenoxy) is 1. The Balaban J connectivity index is 1.11. The highest BCUT2D eigenvalue weighted by atomic mass is 16.5. The molecule has 1 unspecified atom stereocenters. The molecule has 2 fully saturated rings. The molecule has 2 aliphatic rings. The summed E-state index contributed by atoms with van der Waals surface area (Å²) in [5, 5.41) is 5.71. The predicted octanol–water partition coefficient (Wildman–Crippen LogP) is 5.57. The van der Waals surface area contributed by atoms with Crippen molar-refractivity contribution in [1.82, 2.24) is 4.90 Å². The van der Waals surface area contributed by atoms with Gasteiger partial charge in [-0.2, -0.15) is 0 Å². The Kier molecular flexibility index (Phi) is 6.57. The lowest BCUT2D eigenvalue weighted by molar-refractivity contribution is -0.132. The Morgan fingerprint density at radius 2 is 1.43 bits per heavy atom. The van der Waals surface area contributed by atoms with Crippen molar-refractivity contribution in [1.29, 1.82) is 0 Å². The number of nitrogens with one attached hydrogen (secondary N) is 2. The van der Waals surface area contributed by atoms with Crippen LogP contribution in [0.25, 0.3) is 0 Å². The molecule has 3 aromatic carbocycles. The first kappa shape index (κ1) is 22.8. The van der Waals surface area contributed by atoms with Gasteiger partial charge in [-0.15, -0.1) is 0 Å². The van der Waals surface area contributed by atoms with Crippen LogP contribution in [0.15, 0.2) is 78.9 Å². The molecule has 0 radical (unpaired) electrons. The predicted molar refractivity (Wildman–Crippen MR) is 138 cm³/mol. The van der Waals surface area contributed by atoms with Crippen molar-refractivity contribution in [3.63, 3.8) is 0 Å². The van der Waals surface area contributed by atoms with Crippen molar-refractivity contribution in [3.8, 4) is 11.5 Å². The van der Waals surface area contributed by atoms with Crippen LogP contribution < -0.4 is 20.3 Å². The van der Waals surface area contributed by atoms with E-state index < -0.39 is 0 Å². The number of likely N-dealkylation sites (N-methyl/N-ethyl adjacent to an activating group) is 1. The van der Waals surface area contributed by atoms with Gasteiger partial charge in [-0.3, -0.25) is 4.79 Å². The molecule has 7 heteroatoms. The number of urea groups is 1. The summed E-state index contributed by atoms with van der Waals surface area (Å²) >= 11 is 0. The van der Waals surface area contributed by atoms with Gasteiger partial charge in [-0.25, -0.2) is 4.79 Å². The van der Waals surface area contributed by atoms with Crippen LogP contribution in [0.5, 0.6) is 11.5 Å². The SMILES string of the molecule is CN(C(=O)C1CC1)C1CCN(c2ccc(NC(=O)Nc3ccc(Oc4ccccc4)cc3)cc2)C1. The zero-order chi connectivity index (χ0) is 24.2. The first-order chi connectivity index (χ1) is 17.0. The summed E-state index contributed by atoms with van der Waals surface area (Å²) in [6.45, 7) is 1.76. The summed E-state index contributed by atoms with van der Waals surface area (Å²) in [7, 11) is 1.93. The molecule has 0 spiro atoms. The van der Waals surface area contributed by atoms with E-state index in [1.54, 1.807) is 12.1 Å². The normalized spacial score (nSPS) is 17.1. The van der Waals surface area contributed by atoms with Gasteiger partial charge < -0.3 is 25.2 Å². The van der Waals surface area contributed by atoms with E-state index in [4.69, 9.17) is 4.74 Å². The average Bonchev–Trinajstić information content (AvgIpc) is 3.62. The van der Waals surface area contributed by atoms with Crippen molar-refractivity contribution in [2.45, 2.75) is 25.3 Å². The first-order valence-corrected chi connectivity index (χ1v) is 12.1. The zero-order valence-electron chi connectivity index (χ0n) is 19.8. The summed E-state index contributed by atoms with van der Waals surface area (Å²) in [6.07, 6.45) is 3.05. The van der Waals surface area contributed by atoms with Gasteiger partial charge in [0, 0.05) is 43.1 Å². The van der Waals surface area contributed by atoms with Crippen LogP contribution in [0.1, 0.15) is 19.3 Å². The number of nitrogens with zero attached hydrogens (tertiary/aromatic N) is 2. The van der Waals surface area contributed by atoms with E-state index in [0.717, 1.165) is 43.8 Å². The van der Waals surface area contributed by atoms with Crippen molar-refractivity contribution < 1.29 is 14.3 Å². The van der Waals surface area contributed by atoms with Crippen molar-refractivity contribution in [2.24, 2.45) is 5.92 Å². The molecule has 0 bridgehead atoms. The molecule has 1 aliphatic heterocycles. The lowest BCUT2D eigenvalue weighted by Gasteiger charge is -2.25.